The van der Waals surface area contributed by atoms with E-state index in [0.29, 0.717) is 13.1 Å². The van der Waals surface area contributed by atoms with Crippen molar-refractivity contribution >= 4 is 16.9 Å². The number of carbonyl (C=O) groups is 1. The highest BCUT2D eigenvalue weighted by Crippen LogP contribution is 2.13. The van der Waals surface area contributed by atoms with Crippen molar-refractivity contribution in [2.75, 3.05) is 0 Å². The average Bonchev–Trinajstić information content (AvgIpc) is 3.17. The molecule has 0 radical (unpaired) electrons. The van der Waals surface area contributed by atoms with Crippen LogP contribution in [0.1, 0.15) is 20.3 Å². The van der Waals surface area contributed by atoms with Gasteiger partial charge in [-0.1, -0.05) is 19.1 Å². The molecule has 0 aliphatic carbocycles. The van der Waals surface area contributed by atoms with Gasteiger partial charge in [0.1, 0.15) is 6.54 Å². The van der Waals surface area contributed by atoms with Crippen LogP contribution in [0.3, 0.4) is 0 Å². The second-order valence-corrected chi connectivity index (χ2v) is 6.21. The molecule has 3 rings (SSSR count). The van der Waals surface area contributed by atoms with Crippen LogP contribution in [0.25, 0.3) is 11.0 Å². The highest BCUT2D eigenvalue weighted by molar-refractivity contribution is 5.81. The number of hydrogen-bond acceptors (Lipinski definition) is 3. The molecule has 1 aromatic carbocycles. The lowest BCUT2D eigenvalue weighted by Crippen LogP contribution is -2.39. The summed E-state index contributed by atoms with van der Waals surface area (Å²) in [7, 11) is 0. The Morgan fingerprint density at radius 1 is 1.20 bits per heavy atom. The first-order valence-corrected chi connectivity index (χ1v) is 8.55. The van der Waals surface area contributed by atoms with E-state index in [1.807, 2.05) is 50.4 Å². The first kappa shape index (κ1) is 17.0. The van der Waals surface area contributed by atoms with Crippen LogP contribution in [0.15, 0.2) is 47.5 Å². The minimum Gasteiger partial charge on any atom is -0.350 e. The van der Waals surface area contributed by atoms with Crippen LogP contribution in [0.4, 0.5) is 0 Å². The summed E-state index contributed by atoms with van der Waals surface area (Å²) in [6.45, 7) is 5.19. The van der Waals surface area contributed by atoms with E-state index >= 15 is 0 Å². The number of carbonyl (C=O) groups excluding carboxylic acids is 1. The standard InChI is InChI=1S/C18H23N5O2/c1-3-10-22-15-7-4-5-8-16(15)23(18(22)25)13-17(24)20-14(2)12-21-11-6-9-19-21/h4-9,11,14H,3,10,12-13H2,1-2H3,(H,20,24). The predicted molar refractivity (Wildman–Crippen MR) is 96.3 cm³/mol. The topological polar surface area (TPSA) is 73.8 Å². The van der Waals surface area contributed by atoms with Crippen LogP contribution in [-0.2, 0) is 24.4 Å². The van der Waals surface area contributed by atoms with Gasteiger partial charge in [-0.3, -0.25) is 18.6 Å². The van der Waals surface area contributed by atoms with Gasteiger partial charge in [-0.2, -0.15) is 5.10 Å². The number of rotatable bonds is 7. The minimum absolute atomic E-state index is 0.0134. The Labute approximate surface area is 145 Å². The molecular formula is C18H23N5O2. The summed E-state index contributed by atoms with van der Waals surface area (Å²) < 4.78 is 5.04. The van der Waals surface area contributed by atoms with E-state index < -0.39 is 0 Å². The van der Waals surface area contributed by atoms with Gasteiger partial charge in [0.15, 0.2) is 0 Å². The van der Waals surface area contributed by atoms with Crippen LogP contribution in [0.2, 0.25) is 0 Å². The molecule has 1 N–H and O–H groups in total. The number of imidazole rings is 1. The van der Waals surface area contributed by atoms with E-state index in [1.165, 1.54) is 0 Å². The summed E-state index contributed by atoms with van der Waals surface area (Å²) in [5, 5.41) is 7.06. The molecule has 0 saturated heterocycles. The van der Waals surface area contributed by atoms with Crippen molar-refractivity contribution in [2.45, 2.75) is 45.9 Å². The molecule has 1 atom stereocenters. The second kappa shape index (κ2) is 7.38. The predicted octanol–water partition coefficient (Wildman–Crippen LogP) is 1.61. The van der Waals surface area contributed by atoms with Gasteiger partial charge in [0, 0.05) is 25.0 Å². The lowest BCUT2D eigenvalue weighted by molar-refractivity contribution is -0.122. The molecule has 2 heterocycles. The zero-order valence-corrected chi connectivity index (χ0v) is 14.6. The number of nitrogens with one attached hydrogen (secondary N) is 1. The first-order chi connectivity index (χ1) is 12.1. The Kier molecular flexibility index (Phi) is 5.02. The van der Waals surface area contributed by atoms with Crippen molar-refractivity contribution in [1.82, 2.24) is 24.2 Å². The fraction of sp³-hybridized carbons (Fsp3) is 0.389. The van der Waals surface area contributed by atoms with Gasteiger partial charge in [0.2, 0.25) is 5.91 Å². The summed E-state index contributed by atoms with van der Waals surface area (Å²) in [4.78, 5) is 25.1. The van der Waals surface area contributed by atoms with E-state index in [-0.39, 0.29) is 24.2 Å². The van der Waals surface area contributed by atoms with Crippen LogP contribution in [-0.4, -0.2) is 30.9 Å². The number of fused-ring (bicyclic) bond motifs is 1. The van der Waals surface area contributed by atoms with E-state index in [2.05, 4.69) is 10.4 Å². The van der Waals surface area contributed by atoms with Crippen molar-refractivity contribution in [2.24, 2.45) is 0 Å². The maximum atomic E-state index is 12.7. The quantitative estimate of drug-likeness (QED) is 0.709. The second-order valence-electron chi connectivity index (χ2n) is 6.21. The van der Waals surface area contributed by atoms with Gasteiger partial charge in [-0.05, 0) is 31.5 Å². The van der Waals surface area contributed by atoms with Crippen molar-refractivity contribution in [1.29, 1.82) is 0 Å². The van der Waals surface area contributed by atoms with Gasteiger partial charge in [-0.25, -0.2) is 4.79 Å². The molecule has 0 saturated carbocycles. The number of aryl methyl sites for hydroxylation is 1. The largest absolute Gasteiger partial charge is 0.350 e. The molecule has 0 aliphatic heterocycles. The minimum atomic E-state index is -0.179. The molecule has 25 heavy (non-hydrogen) atoms. The zero-order chi connectivity index (χ0) is 17.8. The third kappa shape index (κ3) is 3.65. The lowest BCUT2D eigenvalue weighted by atomic mass is 10.3. The summed E-state index contributed by atoms with van der Waals surface area (Å²) in [6, 6.07) is 9.35. The molecule has 1 amide bonds. The molecule has 132 valence electrons. The Balaban J connectivity index is 1.77. The Bertz CT molecular complexity index is 907. The van der Waals surface area contributed by atoms with Gasteiger partial charge in [0.25, 0.3) is 0 Å². The van der Waals surface area contributed by atoms with Gasteiger partial charge >= 0.3 is 5.69 Å². The third-order valence-corrected chi connectivity index (χ3v) is 4.10. The number of para-hydroxylation sites is 2. The Morgan fingerprint density at radius 3 is 2.56 bits per heavy atom. The van der Waals surface area contributed by atoms with Crippen molar-refractivity contribution < 1.29 is 4.79 Å². The molecule has 7 heteroatoms. The monoisotopic (exact) mass is 341 g/mol. The van der Waals surface area contributed by atoms with E-state index in [0.717, 1.165) is 17.5 Å². The smallest absolute Gasteiger partial charge is 0.329 e. The van der Waals surface area contributed by atoms with Crippen molar-refractivity contribution in [3.05, 3.63) is 53.2 Å². The molecule has 0 fully saturated rings. The number of amides is 1. The molecule has 2 aromatic heterocycles. The summed E-state index contributed by atoms with van der Waals surface area (Å²) in [6.07, 6.45) is 4.42. The highest BCUT2D eigenvalue weighted by atomic mass is 16.2. The number of hydrogen-bond donors (Lipinski definition) is 1. The van der Waals surface area contributed by atoms with Gasteiger partial charge in [-0.15, -0.1) is 0 Å². The molecular weight excluding hydrogens is 318 g/mol. The number of nitrogens with zero attached hydrogens (tertiary/aromatic N) is 4. The molecule has 1 unspecified atom stereocenters. The Morgan fingerprint density at radius 2 is 1.92 bits per heavy atom. The van der Waals surface area contributed by atoms with Crippen molar-refractivity contribution in [3.8, 4) is 0 Å². The summed E-state index contributed by atoms with van der Waals surface area (Å²) in [5.74, 6) is -0.179. The molecule has 3 aromatic rings. The lowest BCUT2D eigenvalue weighted by Gasteiger charge is -2.14. The van der Waals surface area contributed by atoms with E-state index in [4.69, 9.17) is 0 Å². The highest BCUT2D eigenvalue weighted by Gasteiger charge is 2.16. The maximum absolute atomic E-state index is 12.7. The fourth-order valence-corrected chi connectivity index (χ4v) is 3.06. The van der Waals surface area contributed by atoms with E-state index in [1.54, 1.807) is 20.0 Å². The Hall–Kier alpha value is -2.83. The SMILES string of the molecule is CCCn1c(=O)n(CC(=O)NC(C)Cn2cccn2)c2ccccc21. The zero-order valence-electron chi connectivity index (χ0n) is 14.6. The molecule has 0 spiro atoms. The van der Waals surface area contributed by atoms with Crippen LogP contribution >= 0.6 is 0 Å². The summed E-state index contributed by atoms with van der Waals surface area (Å²) in [5.41, 5.74) is 1.51. The third-order valence-electron chi connectivity index (χ3n) is 4.10. The average molecular weight is 341 g/mol. The molecule has 0 bridgehead atoms. The fourth-order valence-electron chi connectivity index (χ4n) is 3.06. The molecule has 0 aliphatic rings. The van der Waals surface area contributed by atoms with Crippen LogP contribution in [0.5, 0.6) is 0 Å². The maximum Gasteiger partial charge on any atom is 0.329 e. The summed E-state index contributed by atoms with van der Waals surface area (Å²) >= 11 is 0. The van der Waals surface area contributed by atoms with Gasteiger partial charge < -0.3 is 5.32 Å². The normalized spacial score (nSPS) is 12.4. The molecule has 7 nitrogen and oxygen atoms in total. The number of aromatic nitrogens is 4. The van der Waals surface area contributed by atoms with Crippen LogP contribution in [0, 0.1) is 0 Å². The van der Waals surface area contributed by atoms with Gasteiger partial charge in [0.05, 0.1) is 17.6 Å². The van der Waals surface area contributed by atoms with Crippen LogP contribution < -0.4 is 11.0 Å². The number of benzene rings is 1. The first-order valence-electron chi connectivity index (χ1n) is 8.55. The van der Waals surface area contributed by atoms with E-state index in [9.17, 15) is 9.59 Å². The van der Waals surface area contributed by atoms with Crippen molar-refractivity contribution in [3.63, 3.8) is 0 Å².